The number of benzene rings is 1. The van der Waals surface area contributed by atoms with Crippen molar-refractivity contribution in [3.05, 3.63) is 53.6 Å². The first-order valence-electron chi connectivity index (χ1n) is 9.65. The second kappa shape index (κ2) is 9.51. The van der Waals surface area contributed by atoms with Crippen molar-refractivity contribution >= 4 is 19.8 Å². The summed E-state index contributed by atoms with van der Waals surface area (Å²) < 4.78 is 6.15. The number of hydrogen-bond acceptors (Lipinski definition) is 3. The van der Waals surface area contributed by atoms with Gasteiger partial charge in [0.1, 0.15) is 0 Å². The highest BCUT2D eigenvalue weighted by Crippen LogP contribution is 2.36. The number of carbonyl (C=O) groups is 1. The summed E-state index contributed by atoms with van der Waals surface area (Å²) in [5.41, 5.74) is 2.93. The molecule has 0 aliphatic carbocycles. The molecule has 0 saturated heterocycles. The minimum atomic E-state index is -1.71. The lowest BCUT2D eigenvalue weighted by Gasteiger charge is -2.35. The zero-order chi connectivity index (χ0) is 20.8. The van der Waals surface area contributed by atoms with Crippen molar-refractivity contribution in [2.24, 2.45) is 5.92 Å². The van der Waals surface area contributed by atoms with Gasteiger partial charge in [-0.05, 0) is 49.3 Å². The molecule has 0 aromatic heterocycles. The molecule has 27 heavy (non-hydrogen) atoms. The molecule has 0 N–H and O–H groups in total. The Labute approximate surface area is 167 Å². The van der Waals surface area contributed by atoms with E-state index in [1.807, 2.05) is 69.3 Å². The van der Waals surface area contributed by atoms with Gasteiger partial charge in [0.2, 0.25) is 0 Å². The minimum absolute atomic E-state index is 0.144. The van der Waals surface area contributed by atoms with Crippen molar-refractivity contribution in [1.29, 1.82) is 0 Å². The standard InChI is InChI=1S/C23H37NO2Si/c1-18(11-10-16-26-27(8,9)23(3,4)5)17-19(2)22(25)20-12-14-21(15-13-20)24(6)7/h10-15,17,19H,16H2,1-9H3/b11-10+,18-17+. The summed E-state index contributed by atoms with van der Waals surface area (Å²) >= 11 is 0. The van der Waals surface area contributed by atoms with E-state index >= 15 is 0 Å². The van der Waals surface area contributed by atoms with Gasteiger partial charge < -0.3 is 9.33 Å². The molecule has 3 nitrogen and oxygen atoms in total. The lowest BCUT2D eigenvalue weighted by molar-refractivity contribution is 0.0953. The van der Waals surface area contributed by atoms with Crippen molar-refractivity contribution < 1.29 is 9.22 Å². The van der Waals surface area contributed by atoms with E-state index in [-0.39, 0.29) is 16.7 Å². The Morgan fingerprint density at radius 2 is 1.74 bits per heavy atom. The molecule has 0 bridgehead atoms. The summed E-state index contributed by atoms with van der Waals surface area (Å²) in [4.78, 5) is 14.7. The normalized spacial score (nSPS) is 14.5. The van der Waals surface area contributed by atoms with E-state index in [9.17, 15) is 4.79 Å². The number of ketones is 1. The first kappa shape index (κ1) is 23.4. The molecule has 0 heterocycles. The summed E-state index contributed by atoms with van der Waals surface area (Å²) in [7, 11) is 2.27. The summed E-state index contributed by atoms with van der Waals surface area (Å²) in [6.45, 7) is 15.8. The number of anilines is 1. The number of hydrogen-bond donors (Lipinski definition) is 0. The first-order chi connectivity index (χ1) is 12.3. The van der Waals surface area contributed by atoms with Crippen molar-refractivity contribution in [2.45, 2.75) is 52.8 Å². The van der Waals surface area contributed by atoms with Crippen LogP contribution in [-0.2, 0) is 4.43 Å². The predicted octanol–water partition coefficient (Wildman–Crippen LogP) is 6.10. The number of nitrogens with zero attached hydrogens (tertiary/aromatic N) is 1. The zero-order valence-corrected chi connectivity index (χ0v) is 19.6. The second-order valence-corrected chi connectivity index (χ2v) is 13.8. The summed E-state index contributed by atoms with van der Waals surface area (Å²) in [5.74, 6) is -0.00764. The molecule has 1 rings (SSSR count). The van der Waals surface area contributed by atoms with Gasteiger partial charge in [-0.1, -0.05) is 51.5 Å². The lowest BCUT2D eigenvalue weighted by Crippen LogP contribution is -2.40. The fraction of sp³-hybridized carbons (Fsp3) is 0.522. The van der Waals surface area contributed by atoms with Crippen LogP contribution in [0, 0.1) is 5.92 Å². The van der Waals surface area contributed by atoms with E-state index in [0.717, 1.165) is 16.8 Å². The summed E-state index contributed by atoms with van der Waals surface area (Å²) in [6.07, 6.45) is 6.12. The van der Waals surface area contributed by atoms with E-state index in [1.165, 1.54) is 0 Å². The number of Topliss-reactive ketones (excluding diaryl/α,β-unsaturated/α-hetero) is 1. The fourth-order valence-corrected chi connectivity index (χ4v) is 3.37. The highest BCUT2D eigenvalue weighted by atomic mass is 28.4. The Balaban J connectivity index is 2.66. The second-order valence-electron chi connectivity index (χ2n) is 8.98. The fourth-order valence-electron chi connectivity index (χ4n) is 2.42. The Morgan fingerprint density at radius 3 is 2.22 bits per heavy atom. The minimum Gasteiger partial charge on any atom is -0.413 e. The third-order valence-corrected chi connectivity index (χ3v) is 9.82. The maximum Gasteiger partial charge on any atom is 0.192 e. The van der Waals surface area contributed by atoms with Gasteiger partial charge in [-0.3, -0.25) is 4.79 Å². The van der Waals surface area contributed by atoms with Gasteiger partial charge in [-0.2, -0.15) is 0 Å². The molecular weight excluding hydrogens is 350 g/mol. The smallest absolute Gasteiger partial charge is 0.192 e. The monoisotopic (exact) mass is 387 g/mol. The Hall–Kier alpha value is -1.65. The molecule has 0 saturated carbocycles. The maximum absolute atomic E-state index is 12.6. The molecule has 0 aliphatic rings. The molecule has 1 atom stereocenters. The van der Waals surface area contributed by atoms with Crippen LogP contribution < -0.4 is 4.90 Å². The number of allylic oxidation sites excluding steroid dienone is 3. The molecule has 1 unspecified atom stereocenters. The highest BCUT2D eigenvalue weighted by Gasteiger charge is 2.36. The van der Waals surface area contributed by atoms with Gasteiger partial charge >= 0.3 is 0 Å². The van der Waals surface area contributed by atoms with Crippen LogP contribution in [-0.4, -0.2) is 34.8 Å². The highest BCUT2D eigenvalue weighted by molar-refractivity contribution is 6.74. The number of carbonyl (C=O) groups excluding carboxylic acids is 1. The van der Waals surface area contributed by atoms with Crippen LogP contribution in [0.25, 0.3) is 0 Å². The molecule has 0 amide bonds. The Kier molecular flexibility index (Phi) is 8.24. The van der Waals surface area contributed by atoms with Crippen LogP contribution >= 0.6 is 0 Å². The van der Waals surface area contributed by atoms with Crippen molar-refractivity contribution in [3.63, 3.8) is 0 Å². The Bertz CT molecular complexity index is 679. The quantitative estimate of drug-likeness (QED) is 0.307. The van der Waals surface area contributed by atoms with Gasteiger partial charge in [-0.25, -0.2) is 0 Å². The lowest BCUT2D eigenvalue weighted by atomic mass is 9.97. The van der Waals surface area contributed by atoms with Crippen LogP contribution in [0.15, 0.2) is 48.1 Å². The van der Waals surface area contributed by atoms with Gasteiger partial charge in [-0.15, -0.1) is 0 Å². The van der Waals surface area contributed by atoms with Crippen LogP contribution in [0.4, 0.5) is 5.69 Å². The van der Waals surface area contributed by atoms with Gasteiger partial charge in [0.05, 0.1) is 6.61 Å². The SMILES string of the molecule is CC(/C=C/CO[Si](C)(C)C(C)(C)C)=C\C(C)C(=O)c1ccc(N(C)C)cc1. The summed E-state index contributed by atoms with van der Waals surface area (Å²) in [6, 6.07) is 7.77. The zero-order valence-electron chi connectivity index (χ0n) is 18.6. The van der Waals surface area contributed by atoms with Gasteiger partial charge in [0, 0.05) is 31.3 Å². The van der Waals surface area contributed by atoms with E-state index in [0.29, 0.717) is 6.61 Å². The molecule has 150 valence electrons. The molecule has 0 fully saturated rings. The molecule has 0 spiro atoms. The first-order valence-corrected chi connectivity index (χ1v) is 12.6. The molecular formula is C23H37NO2Si. The average molecular weight is 388 g/mol. The molecule has 1 aromatic rings. The third kappa shape index (κ3) is 7.11. The van der Waals surface area contributed by atoms with E-state index < -0.39 is 8.32 Å². The third-order valence-electron chi connectivity index (χ3n) is 5.32. The van der Waals surface area contributed by atoms with E-state index in [2.05, 4.69) is 39.9 Å². The molecule has 1 aromatic carbocycles. The van der Waals surface area contributed by atoms with Crippen molar-refractivity contribution in [2.75, 3.05) is 25.6 Å². The summed E-state index contributed by atoms with van der Waals surface area (Å²) in [5, 5.41) is 0.217. The molecule has 4 heteroatoms. The Morgan fingerprint density at radius 1 is 1.19 bits per heavy atom. The van der Waals surface area contributed by atoms with Crippen LogP contribution in [0.2, 0.25) is 18.1 Å². The van der Waals surface area contributed by atoms with E-state index in [1.54, 1.807) is 0 Å². The van der Waals surface area contributed by atoms with E-state index in [4.69, 9.17) is 4.43 Å². The maximum atomic E-state index is 12.6. The molecule has 0 radical (unpaired) electrons. The van der Waals surface area contributed by atoms with Crippen LogP contribution in [0.5, 0.6) is 0 Å². The molecule has 0 aliphatic heterocycles. The van der Waals surface area contributed by atoms with Crippen molar-refractivity contribution in [1.82, 2.24) is 0 Å². The van der Waals surface area contributed by atoms with Gasteiger partial charge in [0.25, 0.3) is 0 Å². The van der Waals surface area contributed by atoms with Crippen LogP contribution in [0.1, 0.15) is 45.0 Å². The topological polar surface area (TPSA) is 29.5 Å². The predicted molar refractivity (Wildman–Crippen MR) is 120 cm³/mol. The average Bonchev–Trinajstić information content (AvgIpc) is 2.57. The van der Waals surface area contributed by atoms with Crippen LogP contribution in [0.3, 0.4) is 0 Å². The largest absolute Gasteiger partial charge is 0.413 e. The van der Waals surface area contributed by atoms with Gasteiger partial charge in [0.15, 0.2) is 14.1 Å². The van der Waals surface area contributed by atoms with Crippen molar-refractivity contribution in [3.8, 4) is 0 Å². The number of rotatable bonds is 8.